The maximum atomic E-state index is 3.92. The van der Waals surface area contributed by atoms with Crippen molar-refractivity contribution in [2.24, 2.45) is 0 Å². The number of aromatic nitrogens is 3. The topological polar surface area (TPSA) is 38.7 Å². The van der Waals surface area contributed by atoms with Crippen molar-refractivity contribution in [2.45, 2.75) is 13.8 Å². The van der Waals surface area contributed by atoms with Gasteiger partial charge in [-0.05, 0) is 0 Å². The van der Waals surface area contributed by atoms with Gasteiger partial charge in [-0.3, -0.25) is 0 Å². The fourth-order valence-corrected chi connectivity index (χ4v) is 0.454. The molecule has 1 heterocycles. The normalized spacial score (nSPS) is 8.22. The zero-order valence-electron chi connectivity index (χ0n) is 5.34. The van der Waals surface area contributed by atoms with Gasteiger partial charge in [-0.2, -0.15) is 0 Å². The van der Waals surface area contributed by atoms with E-state index < -0.39 is 0 Å². The fourth-order valence-electron chi connectivity index (χ4n) is 0.454. The van der Waals surface area contributed by atoms with Crippen molar-refractivity contribution in [3.63, 3.8) is 0 Å². The van der Waals surface area contributed by atoms with Crippen molar-refractivity contribution in [1.82, 2.24) is 15.0 Å². The van der Waals surface area contributed by atoms with Gasteiger partial charge in [-0.1, -0.05) is 13.8 Å². The first-order valence-corrected chi connectivity index (χ1v) is 2.34. The second kappa shape index (κ2) is 3.97. The minimum absolute atomic E-state index is 0. The summed E-state index contributed by atoms with van der Waals surface area (Å²) in [5, 5.41) is 0. The SMILES string of the molecule is Cc1n[c-]nc(C)n1.[U]. The third-order valence-electron chi connectivity index (χ3n) is 0.747. The number of hydrogen-bond acceptors (Lipinski definition) is 3. The van der Waals surface area contributed by atoms with Crippen LogP contribution in [0.3, 0.4) is 0 Å². The molecular weight excluding hydrogens is 340 g/mol. The van der Waals surface area contributed by atoms with E-state index in [9.17, 15) is 0 Å². The molecule has 0 saturated carbocycles. The summed E-state index contributed by atoms with van der Waals surface area (Å²) < 4.78 is 0. The fraction of sp³-hybridized carbons (Fsp3) is 0.400. The summed E-state index contributed by atoms with van der Waals surface area (Å²) in [5.74, 6) is 1.44. The van der Waals surface area contributed by atoms with Crippen LogP contribution in [0.2, 0.25) is 0 Å². The molecule has 46 valence electrons. The first-order chi connectivity index (χ1) is 3.79. The average molecular weight is 346 g/mol. The Morgan fingerprint density at radius 2 is 1.56 bits per heavy atom. The van der Waals surface area contributed by atoms with Crippen molar-refractivity contribution < 1.29 is 31.1 Å². The van der Waals surface area contributed by atoms with Gasteiger partial charge < -0.3 is 15.0 Å². The van der Waals surface area contributed by atoms with Crippen LogP contribution in [0.15, 0.2) is 0 Å². The molecule has 0 bridgehead atoms. The smallest absolute Gasteiger partial charge is 0.0247 e. The predicted molar refractivity (Wildman–Crippen MR) is 28.1 cm³/mol. The summed E-state index contributed by atoms with van der Waals surface area (Å²) in [6.45, 7) is 3.62. The van der Waals surface area contributed by atoms with Gasteiger partial charge in [-0.15, -0.1) is 0 Å². The molecule has 0 fully saturated rings. The first-order valence-electron chi connectivity index (χ1n) is 2.34. The van der Waals surface area contributed by atoms with Crippen molar-refractivity contribution in [1.29, 1.82) is 0 Å². The van der Waals surface area contributed by atoms with Crippen LogP contribution in [0.4, 0.5) is 0 Å². The maximum Gasteiger partial charge on any atom is 0.0247 e. The Bertz CT molecular complexity index is 172. The van der Waals surface area contributed by atoms with Crippen molar-refractivity contribution >= 4 is 0 Å². The molecule has 0 spiro atoms. The monoisotopic (exact) mass is 346 g/mol. The van der Waals surface area contributed by atoms with Gasteiger partial charge in [0.25, 0.3) is 0 Å². The van der Waals surface area contributed by atoms with Crippen LogP contribution in [0.25, 0.3) is 0 Å². The van der Waals surface area contributed by atoms with Gasteiger partial charge in [0.2, 0.25) is 0 Å². The molecule has 0 saturated heterocycles. The zero-order valence-corrected chi connectivity index (χ0v) is 9.51. The van der Waals surface area contributed by atoms with E-state index in [4.69, 9.17) is 0 Å². The summed E-state index contributed by atoms with van der Waals surface area (Å²) >= 11 is 0. The molecule has 0 aliphatic carbocycles. The molecule has 1 aromatic heterocycles. The van der Waals surface area contributed by atoms with E-state index in [0.717, 1.165) is 11.6 Å². The van der Waals surface area contributed by atoms with E-state index in [1.807, 2.05) is 13.8 Å². The van der Waals surface area contributed by atoms with E-state index in [2.05, 4.69) is 21.3 Å². The quantitative estimate of drug-likeness (QED) is 0.634. The second-order valence-corrected chi connectivity index (χ2v) is 1.53. The van der Waals surface area contributed by atoms with Crippen molar-refractivity contribution in [3.8, 4) is 0 Å². The van der Waals surface area contributed by atoms with Gasteiger partial charge >= 0.3 is 0 Å². The van der Waals surface area contributed by atoms with Gasteiger partial charge in [0.15, 0.2) is 0 Å². The Morgan fingerprint density at radius 1 is 1.11 bits per heavy atom. The molecular formula is C5H6N3U-. The number of aryl methyl sites for hydroxylation is 2. The number of rotatable bonds is 0. The van der Waals surface area contributed by atoms with Crippen LogP contribution in [0.5, 0.6) is 0 Å². The summed E-state index contributed by atoms with van der Waals surface area (Å²) in [6.07, 6.45) is 2.47. The van der Waals surface area contributed by atoms with Crippen LogP contribution in [-0.2, 0) is 0 Å². The molecule has 0 radical (unpaired) electrons. The van der Waals surface area contributed by atoms with E-state index in [0.29, 0.717) is 0 Å². The van der Waals surface area contributed by atoms with Crippen LogP contribution >= 0.6 is 0 Å². The van der Waals surface area contributed by atoms with Crippen molar-refractivity contribution in [2.75, 3.05) is 0 Å². The van der Waals surface area contributed by atoms with E-state index in [1.165, 1.54) is 0 Å². The molecule has 0 atom stereocenters. The third kappa shape index (κ3) is 2.93. The average Bonchev–Trinajstić information content (AvgIpc) is 1.64. The van der Waals surface area contributed by atoms with E-state index in [-0.39, 0.29) is 31.1 Å². The molecule has 1 aromatic rings. The summed E-state index contributed by atoms with van der Waals surface area (Å²) in [7, 11) is 0. The van der Waals surface area contributed by atoms with Gasteiger partial charge in [0, 0.05) is 49.1 Å². The Hall–Kier alpha value is 0.0619. The van der Waals surface area contributed by atoms with E-state index in [1.54, 1.807) is 0 Å². The van der Waals surface area contributed by atoms with Crippen LogP contribution in [0, 0.1) is 51.3 Å². The van der Waals surface area contributed by atoms with Gasteiger partial charge in [0.1, 0.15) is 0 Å². The third-order valence-corrected chi connectivity index (χ3v) is 0.747. The minimum Gasteiger partial charge on any atom is -0.353 e. The summed E-state index contributed by atoms with van der Waals surface area (Å²) in [6, 6.07) is 0. The minimum atomic E-state index is 0. The molecule has 0 aromatic carbocycles. The largest absolute Gasteiger partial charge is 0.353 e. The Kier molecular flexibility index (Phi) is 4.00. The number of nitrogens with zero attached hydrogens (tertiary/aromatic N) is 3. The maximum absolute atomic E-state index is 3.92. The Morgan fingerprint density at radius 3 is 1.78 bits per heavy atom. The van der Waals surface area contributed by atoms with Crippen molar-refractivity contribution in [3.05, 3.63) is 18.0 Å². The molecule has 9 heavy (non-hydrogen) atoms. The molecule has 0 aliphatic rings. The molecule has 0 aliphatic heterocycles. The van der Waals surface area contributed by atoms with Crippen LogP contribution in [-0.4, -0.2) is 15.0 Å². The molecule has 0 amide bonds. The Balaban J connectivity index is 0.000000640. The molecule has 1 rings (SSSR count). The zero-order chi connectivity index (χ0) is 5.98. The van der Waals surface area contributed by atoms with Gasteiger partial charge in [-0.25, -0.2) is 0 Å². The van der Waals surface area contributed by atoms with Gasteiger partial charge in [0.05, 0.1) is 0 Å². The molecule has 0 unspecified atom stereocenters. The summed E-state index contributed by atoms with van der Waals surface area (Å²) in [4.78, 5) is 11.3. The van der Waals surface area contributed by atoms with Crippen LogP contribution < -0.4 is 0 Å². The van der Waals surface area contributed by atoms with E-state index >= 15 is 0 Å². The second-order valence-electron chi connectivity index (χ2n) is 1.53. The predicted octanol–water partition coefficient (Wildman–Crippen LogP) is 0.289. The summed E-state index contributed by atoms with van der Waals surface area (Å²) in [5.41, 5.74) is 0. The molecule has 0 N–H and O–H groups in total. The first kappa shape index (κ1) is 9.06. The van der Waals surface area contributed by atoms with Crippen LogP contribution in [0.1, 0.15) is 11.6 Å². The standard InChI is InChI=1S/C5H6N3.U/c1-4-6-3-7-5(2)8-4;/h1-2H3;/q-1;. The Labute approximate surface area is 77.7 Å². The molecule has 4 heteroatoms. The molecule has 3 nitrogen and oxygen atoms in total. The number of hydrogen-bond donors (Lipinski definition) is 0.